The summed E-state index contributed by atoms with van der Waals surface area (Å²) in [5.74, 6) is 0. The Hall–Kier alpha value is -1.28. The van der Waals surface area contributed by atoms with Crippen LogP contribution in [0.5, 0.6) is 0 Å². The maximum Gasteiger partial charge on any atom is 0.0456 e. The van der Waals surface area contributed by atoms with Gasteiger partial charge in [0.2, 0.25) is 0 Å². The summed E-state index contributed by atoms with van der Waals surface area (Å²) in [5, 5.41) is 4.98. The second kappa shape index (κ2) is 4.53. The highest BCUT2D eigenvalue weighted by Crippen LogP contribution is 2.22. The number of benzene rings is 1. The van der Waals surface area contributed by atoms with Crippen LogP contribution in [0.25, 0.3) is 10.9 Å². The number of nitrogens with one attached hydrogen (secondary N) is 2. The van der Waals surface area contributed by atoms with Gasteiger partial charge in [0.15, 0.2) is 0 Å². The highest BCUT2D eigenvalue weighted by Gasteiger charge is 2.19. The van der Waals surface area contributed by atoms with Crippen molar-refractivity contribution < 1.29 is 0 Å². The van der Waals surface area contributed by atoms with Crippen molar-refractivity contribution in [3.8, 4) is 0 Å². The molecule has 0 spiro atoms. The van der Waals surface area contributed by atoms with E-state index in [9.17, 15) is 0 Å². The Kier molecular flexibility index (Phi) is 2.89. The lowest BCUT2D eigenvalue weighted by molar-refractivity contribution is 0.683. The minimum absolute atomic E-state index is 0.811. The number of H-pyrrole nitrogens is 1. The third kappa shape index (κ3) is 2.37. The standard InChI is InChI=1S/C15H20N2/c1-2-11-3-6-15-14(9-11)12(10-17-15)7-8-16-13-4-5-13/h3,6,9-10,13,16-17H,2,4-5,7-8H2,1H3. The molecule has 90 valence electrons. The Morgan fingerprint density at radius 2 is 2.24 bits per heavy atom. The zero-order valence-electron chi connectivity index (χ0n) is 10.4. The van der Waals surface area contributed by atoms with Gasteiger partial charge in [-0.2, -0.15) is 0 Å². The van der Waals surface area contributed by atoms with Gasteiger partial charge in [0.05, 0.1) is 0 Å². The van der Waals surface area contributed by atoms with E-state index >= 15 is 0 Å². The molecule has 17 heavy (non-hydrogen) atoms. The molecule has 0 radical (unpaired) electrons. The first-order valence-corrected chi connectivity index (χ1v) is 6.69. The molecule has 1 aliphatic rings. The molecule has 0 atom stereocenters. The van der Waals surface area contributed by atoms with Crippen LogP contribution in [0.15, 0.2) is 24.4 Å². The van der Waals surface area contributed by atoms with E-state index in [1.54, 1.807) is 0 Å². The Morgan fingerprint density at radius 3 is 3.00 bits per heavy atom. The average molecular weight is 228 g/mol. The second-order valence-corrected chi connectivity index (χ2v) is 5.03. The molecule has 2 heteroatoms. The van der Waals surface area contributed by atoms with Gasteiger partial charge in [0, 0.05) is 23.1 Å². The van der Waals surface area contributed by atoms with Crippen molar-refractivity contribution in [1.82, 2.24) is 10.3 Å². The molecule has 1 saturated carbocycles. The van der Waals surface area contributed by atoms with Crippen LogP contribution in [-0.4, -0.2) is 17.6 Å². The van der Waals surface area contributed by atoms with Gasteiger partial charge in [-0.15, -0.1) is 0 Å². The minimum atomic E-state index is 0.811. The topological polar surface area (TPSA) is 27.8 Å². The van der Waals surface area contributed by atoms with E-state index in [1.807, 2.05) is 0 Å². The van der Waals surface area contributed by atoms with Crippen molar-refractivity contribution in [2.45, 2.75) is 38.6 Å². The first-order valence-electron chi connectivity index (χ1n) is 6.69. The van der Waals surface area contributed by atoms with Crippen molar-refractivity contribution in [3.63, 3.8) is 0 Å². The summed E-state index contributed by atoms with van der Waals surface area (Å²) in [6.45, 7) is 3.32. The Bertz CT molecular complexity index is 509. The molecule has 0 amide bonds. The summed E-state index contributed by atoms with van der Waals surface area (Å²) >= 11 is 0. The molecule has 2 nitrogen and oxygen atoms in total. The quantitative estimate of drug-likeness (QED) is 0.809. The maximum atomic E-state index is 3.57. The van der Waals surface area contributed by atoms with Gasteiger partial charge in [-0.1, -0.05) is 13.0 Å². The number of fused-ring (bicyclic) bond motifs is 1. The smallest absolute Gasteiger partial charge is 0.0456 e. The zero-order chi connectivity index (χ0) is 11.7. The number of aryl methyl sites for hydroxylation is 1. The van der Waals surface area contributed by atoms with E-state index in [4.69, 9.17) is 0 Å². The molecule has 2 N–H and O–H groups in total. The van der Waals surface area contributed by atoms with Gasteiger partial charge in [0.25, 0.3) is 0 Å². The molecule has 0 unspecified atom stereocenters. The minimum Gasteiger partial charge on any atom is -0.361 e. The van der Waals surface area contributed by atoms with Gasteiger partial charge in [-0.05, 0) is 55.5 Å². The largest absolute Gasteiger partial charge is 0.361 e. The summed E-state index contributed by atoms with van der Waals surface area (Å²) in [6, 6.07) is 7.56. The van der Waals surface area contributed by atoms with E-state index in [2.05, 4.69) is 41.6 Å². The molecule has 0 saturated heterocycles. The molecular formula is C15H20N2. The van der Waals surface area contributed by atoms with Crippen LogP contribution in [0, 0.1) is 0 Å². The van der Waals surface area contributed by atoms with Crippen molar-refractivity contribution in [1.29, 1.82) is 0 Å². The van der Waals surface area contributed by atoms with Crippen molar-refractivity contribution in [2.24, 2.45) is 0 Å². The Labute approximate surface area is 102 Å². The first-order chi connectivity index (χ1) is 8.36. The maximum absolute atomic E-state index is 3.57. The summed E-state index contributed by atoms with van der Waals surface area (Å²) < 4.78 is 0. The van der Waals surface area contributed by atoms with Gasteiger partial charge in [-0.3, -0.25) is 0 Å². The Balaban J connectivity index is 1.77. The van der Waals surface area contributed by atoms with Crippen LogP contribution in [0.1, 0.15) is 30.9 Å². The number of hydrogen-bond acceptors (Lipinski definition) is 1. The Morgan fingerprint density at radius 1 is 1.35 bits per heavy atom. The van der Waals surface area contributed by atoms with Crippen LogP contribution < -0.4 is 5.32 Å². The van der Waals surface area contributed by atoms with Crippen LogP contribution in [0.4, 0.5) is 0 Å². The molecule has 1 aliphatic carbocycles. The van der Waals surface area contributed by atoms with E-state index in [0.717, 1.165) is 25.4 Å². The lowest BCUT2D eigenvalue weighted by Gasteiger charge is -2.02. The van der Waals surface area contributed by atoms with Crippen LogP contribution in [0.3, 0.4) is 0 Å². The van der Waals surface area contributed by atoms with Gasteiger partial charge >= 0.3 is 0 Å². The molecule has 3 rings (SSSR count). The normalized spacial score (nSPS) is 15.6. The highest BCUT2D eigenvalue weighted by atomic mass is 14.9. The van der Waals surface area contributed by atoms with Gasteiger partial charge in [0.1, 0.15) is 0 Å². The fraction of sp³-hybridized carbons (Fsp3) is 0.467. The van der Waals surface area contributed by atoms with Crippen molar-refractivity contribution >= 4 is 10.9 Å². The first kappa shape index (κ1) is 10.8. The number of rotatable bonds is 5. The van der Waals surface area contributed by atoms with Gasteiger partial charge in [-0.25, -0.2) is 0 Å². The van der Waals surface area contributed by atoms with Crippen LogP contribution >= 0.6 is 0 Å². The third-order valence-corrected chi connectivity index (χ3v) is 3.64. The fourth-order valence-electron chi connectivity index (χ4n) is 2.35. The second-order valence-electron chi connectivity index (χ2n) is 5.03. The molecule has 2 aromatic rings. The van der Waals surface area contributed by atoms with Crippen LogP contribution in [-0.2, 0) is 12.8 Å². The predicted molar refractivity (Wildman–Crippen MR) is 72.4 cm³/mol. The number of aromatic amines is 1. The number of aromatic nitrogens is 1. The average Bonchev–Trinajstić information content (AvgIpc) is 3.10. The lowest BCUT2D eigenvalue weighted by Crippen LogP contribution is -2.19. The summed E-state index contributed by atoms with van der Waals surface area (Å²) in [4.78, 5) is 3.37. The summed E-state index contributed by atoms with van der Waals surface area (Å²) in [6.07, 6.45) is 7.14. The van der Waals surface area contributed by atoms with Crippen molar-refractivity contribution in [2.75, 3.05) is 6.54 Å². The third-order valence-electron chi connectivity index (χ3n) is 3.64. The predicted octanol–water partition coefficient (Wildman–Crippen LogP) is 3.02. The van der Waals surface area contributed by atoms with Gasteiger partial charge < -0.3 is 10.3 Å². The molecule has 1 fully saturated rings. The van der Waals surface area contributed by atoms with E-state index in [1.165, 1.54) is 34.9 Å². The lowest BCUT2D eigenvalue weighted by atomic mass is 10.1. The fourth-order valence-corrected chi connectivity index (χ4v) is 2.35. The summed E-state index contributed by atoms with van der Waals surface area (Å²) in [5.41, 5.74) is 4.14. The highest BCUT2D eigenvalue weighted by molar-refractivity contribution is 5.83. The molecular weight excluding hydrogens is 208 g/mol. The van der Waals surface area contributed by atoms with E-state index in [0.29, 0.717) is 0 Å². The molecule has 0 aliphatic heterocycles. The summed E-state index contributed by atoms with van der Waals surface area (Å²) in [7, 11) is 0. The molecule has 1 aromatic heterocycles. The van der Waals surface area contributed by atoms with E-state index < -0.39 is 0 Å². The molecule has 0 bridgehead atoms. The monoisotopic (exact) mass is 228 g/mol. The van der Waals surface area contributed by atoms with E-state index in [-0.39, 0.29) is 0 Å². The van der Waals surface area contributed by atoms with Crippen molar-refractivity contribution in [3.05, 3.63) is 35.5 Å². The SMILES string of the molecule is CCc1ccc2[nH]cc(CCNC3CC3)c2c1. The molecule has 1 aromatic carbocycles. The van der Waals surface area contributed by atoms with Crippen LogP contribution in [0.2, 0.25) is 0 Å². The molecule has 1 heterocycles. The zero-order valence-corrected chi connectivity index (χ0v) is 10.4. The number of hydrogen-bond donors (Lipinski definition) is 2.